The molecule has 0 aromatic heterocycles. The molecule has 0 aliphatic carbocycles. The molecule has 5 nitrogen and oxygen atoms in total. The van der Waals surface area contributed by atoms with Gasteiger partial charge in [0.15, 0.2) is 0 Å². The minimum Gasteiger partial charge on any atom is -0.497 e. The van der Waals surface area contributed by atoms with Crippen LogP contribution in [0.2, 0.25) is 0 Å². The lowest BCUT2D eigenvalue weighted by Crippen LogP contribution is -2.24. The molecule has 124 valence electrons. The molecule has 0 saturated heterocycles. The summed E-state index contributed by atoms with van der Waals surface area (Å²) < 4.78 is 10.8. The van der Waals surface area contributed by atoms with Crippen molar-refractivity contribution in [3.8, 4) is 11.5 Å². The van der Waals surface area contributed by atoms with E-state index in [1.165, 1.54) is 12.0 Å². The van der Waals surface area contributed by atoms with E-state index in [0.29, 0.717) is 29.3 Å². The molecule has 0 atom stereocenters. The van der Waals surface area contributed by atoms with E-state index < -0.39 is 11.7 Å². The van der Waals surface area contributed by atoms with Crippen molar-refractivity contribution in [2.75, 3.05) is 18.6 Å². The van der Waals surface area contributed by atoms with Crippen molar-refractivity contribution in [3.63, 3.8) is 0 Å². The smallest absolute Gasteiger partial charge is 0.304 e. The number of unbranched alkanes of at least 4 members (excludes halogenated alkanes) is 1. The minimum atomic E-state index is -0.557. The van der Waals surface area contributed by atoms with Crippen LogP contribution in [0.3, 0.4) is 0 Å². The Morgan fingerprint density at radius 3 is 2.38 bits per heavy atom. The number of anilines is 2. The first-order chi connectivity index (χ1) is 11.7. The van der Waals surface area contributed by atoms with Gasteiger partial charge in [0.1, 0.15) is 11.5 Å². The predicted octanol–water partition coefficient (Wildman–Crippen LogP) is 3.74. The molecule has 0 unspecified atom stereocenters. The zero-order valence-corrected chi connectivity index (χ0v) is 13.7. The SMILES string of the molecule is CCCCOc1ccc(N2C(=O)C(=O)c3cc(OC)ccc32)cc1. The quantitative estimate of drug-likeness (QED) is 0.600. The number of rotatable bonds is 6. The largest absolute Gasteiger partial charge is 0.497 e. The average molecular weight is 325 g/mol. The Kier molecular flexibility index (Phi) is 4.51. The van der Waals surface area contributed by atoms with E-state index in [1.54, 1.807) is 30.3 Å². The molecule has 1 heterocycles. The van der Waals surface area contributed by atoms with Crippen molar-refractivity contribution in [1.82, 2.24) is 0 Å². The fourth-order valence-electron chi connectivity index (χ4n) is 2.63. The number of ketones is 1. The summed E-state index contributed by atoms with van der Waals surface area (Å²) in [5.74, 6) is 0.224. The van der Waals surface area contributed by atoms with Gasteiger partial charge in [0.05, 0.1) is 25.0 Å². The maximum Gasteiger partial charge on any atom is 0.304 e. The van der Waals surface area contributed by atoms with E-state index in [4.69, 9.17) is 9.47 Å². The standard InChI is InChI=1S/C19H19NO4/c1-3-4-11-24-14-7-5-13(6-8-14)20-17-10-9-15(23-2)12-16(17)18(21)19(20)22/h5-10,12H,3-4,11H2,1-2H3. The first kappa shape index (κ1) is 16.1. The van der Waals surface area contributed by atoms with Crippen molar-refractivity contribution < 1.29 is 19.1 Å². The summed E-state index contributed by atoms with van der Waals surface area (Å²) in [4.78, 5) is 26.0. The molecule has 3 rings (SSSR count). The number of carbonyl (C=O) groups excluding carboxylic acids is 2. The topological polar surface area (TPSA) is 55.8 Å². The zero-order valence-electron chi connectivity index (χ0n) is 13.7. The molecule has 0 spiro atoms. The molecule has 2 aromatic carbocycles. The average Bonchev–Trinajstić information content (AvgIpc) is 2.86. The number of ether oxygens (including phenoxy) is 2. The molecule has 0 radical (unpaired) electrons. The lowest BCUT2D eigenvalue weighted by molar-refractivity contribution is -0.113. The molecule has 1 aliphatic rings. The fraction of sp³-hybridized carbons (Fsp3) is 0.263. The maximum atomic E-state index is 12.4. The highest BCUT2D eigenvalue weighted by Crippen LogP contribution is 2.37. The van der Waals surface area contributed by atoms with Crippen molar-refractivity contribution in [1.29, 1.82) is 0 Å². The van der Waals surface area contributed by atoms with Gasteiger partial charge in [-0.3, -0.25) is 14.5 Å². The van der Waals surface area contributed by atoms with Gasteiger partial charge in [-0.1, -0.05) is 13.3 Å². The molecule has 24 heavy (non-hydrogen) atoms. The number of amides is 1. The Hall–Kier alpha value is -2.82. The van der Waals surface area contributed by atoms with Gasteiger partial charge in [-0.25, -0.2) is 0 Å². The summed E-state index contributed by atoms with van der Waals surface area (Å²) in [6, 6.07) is 12.2. The fourth-order valence-corrected chi connectivity index (χ4v) is 2.63. The monoisotopic (exact) mass is 325 g/mol. The number of hydrogen-bond acceptors (Lipinski definition) is 4. The molecule has 0 saturated carbocycles. The summed E-state index contributed by atoms with van der Waals surface area (Å²) in [7, 11) is 1.53. The molecular weight excluding hydrogens is 306 g/mol. The van der Waals surface area contributed by atoms with E-state index in [0.717, 1.165) is 18.6 Å². The Labute approximate surface area is 140 Å². The number of nitrogens with zero attached hydrogens (tertiary/aromatic N) is 1. The van der Waals surface area contributed by atoms with Gasteiger partial charge in [-0.2, -0.15) is 0 Å². The van der Waals surface area contributed by atoms with Crippen molar-refractivity contribution >= 4 is 23.1 Å². The molecule has 1 amide bonds. The molecule has 2 aromatic rings. The predicted molar refractivity (Wildman–Crippen MR) is 91.3 cm³/mol. The van der Waals surface area contributed by atoms with Crippen LogP contribution < -0.4 is 14.4 Å². The van der Waals surface area contributed by atoms with Crippen LogP contribution in [-0.4, -0.2) is 25.4 Å². The van der Waals surface area contributed by atoms with Gasteiger partial charge in [0.25, 0.3) is 5.78 Å². The van der Waals surface area contributed by atoms with E-state index >= 15 is 0 Å². The number of fused-ring (bicyclic) bond motifs is 1. The Morgan fingerprint density at radius 1 is 1.00 bits per heavy atom. The van der Waals surface area contributed by atoms with Crippen LogP contribution in [0.15, 0.2) is 42.5 Å². The van der Waals surface area contributed by atoms with Gasteiger partial charge < -0.3 is 9.47 Å². The highest BCUT2D eigenvalue weighted by molar-refractivity contribution is 6.53. The third-order valence-electron chi connectivity index (χ3n) is 3.95. The van der Waals surface area contributed by atoms with E-state index in [2.05, 4.69) is 6.92 Å². The first-order valence-electron chi connectivity index (χ1n) is 7.95. The lowest BCUT2D eigenvalue weighted by Gasteiger charge is -2.17. The normalized spacial score (nSPS) is 13.2. The molecule has 1 aliphatic heterocycles. The second-order valence-electron chi connectivity index (χ2n) is 5.55. The number of carbonyl (C=O) groups is 2. The Bertz CT molecular complexity index is 767. The van der Waals surface area contributed by atoms with Crippen LogP contribution in [0.4, 0.5) is 11.4 Å². The van der Waals surface area contributed by atoms with Crippen LogP contribution in [-0.2, 0) is 4.79 Å². The van der Waals surface area contributed by atoms with Gasteiger partial charge in [0.2, 0.25) is 0 Å². The lowest BCUT2D eigenvalue weighted by atomic mass is 10.1. The Morgan fingerprint density at radius 2 is 1.71 bits per heavy atom. The minimum absolute atomic E-state index is 0.364. The maximum absolute atomic E-state index is 12.4. The van der Waals surface area contributed by atoms with Crippen molar-refractivity contribution in [3.05, 3.63) is 48.0 Å². The number of hydrogen-bond donors (Lipinski definition) is 0. The molecule has 5 heteroatoms. The number of Topliss-reactive ketones (excluding diaryl/α,β-unsaturated/α-hetero) is 1. The first-order valence-corrected chi connectivity index (χ1v) is 7.95. The molecule has 0 fully saturated rings. The highest BCUT2D eigenvalue weighted by atomic mass is 16.5. The van der Waals surface area contributed by atoms with Crippen molar-refractivity contribution in [2.45, 2.75) is 19.8 Å². The molecular formula is C19H19NO4. The van der Waals surface area contributed by atoms with Gasteiger partial charge in [-0.05, 0) is 48.9 Å². The van der Waals surface area contributed by atoms with E-state index in [1.807, 2.05) is 12.1 Å². The molecule has 0 bridgehead atoms. The number of benzene rings is 2. The van der Waals surface area contributed by atoms with Crippen LogP contribution in [0.25, 0.3) is 0 Å². The van der Waals surface area contributed by atoms with Crippen LogP contribution in [0.5, 0.6) is 11.5 Å². The summed E-state index contributed by atoms with van der Waals surface area (Å²) in [6.07, 6.45) is 2.07. The Balaban J connectivity index is 1.87. The summed E-state index contributed by atoms with van der Waals surface area (Å²) in [5, 5.41) is 0. The van der Waals surface area contributed by atoms with E-state index in [-0.39, 0.29) is 0 Å². The second-order valence-corrected chi connectivity index (χ2v) is 5.55. The summed E-state index contributed by atoms with van der Waals surface area (Å²) >= 11 is 0. The van der Waals surface area contributed by atoms with Crippen LogP contribution in [0.1, 0.15) is 30.1 Å². The zero-order chi connectivity index (χ0) is 17.1. The summed E-state index contributed by atoms with van der Waals surface area (Å²) in [5.41, 5.74) is 1.58. The van der Waals surface area contributed by atoms with Gasteiger partial charge >= 0.3 is 5.91 Å². The second kappa shape index (κ2) is 6.74. The third-order valence-corrected chi connectivity index (χ3v) is 3.95. The summed E-state index contributed by atoms with van der Waals surface area (Å²) in [6.45, 7) is 2.77. The number of methoxy groups -OCH3 is 1. The van der Waals surface area contributed by atoms with E-state index in [9.17, 15) is 9.59 Å². The van der Waals surface area contributed by atoms with Gasteiger partial charge in [0, 0.05) is 5.69 Å². The molecule has 0 N–H and O–H groups in total. The van der Waals surface area contributed by atoms with Gasteiger partial charge in [-0.15, -0.1) is 0 Å². The van der Waals surface area contributed by atoms with Crippen molar-refractivity contribution in [2.24, 2.45) is 0 Å². The van der Waals surface area contributed by atoms with Crippen LogP contribution >= 0.6 is 0 Å². The third kappa shape index (κ3) is 2.85. The van der Waals surface area contributed by atoms with Crippen LogP contribution in [0, 0.1) is 0 Å². The highest BCUT2D eigenvalue weighted by Gasteiger charge is 2.37.